The quantitative estimate of drug-likeness (QED) is 0.595. The first-order valence-corrected chi connectivity index (χ1v) is 13.2. The Kier molecular flexibility index (Phi) is 4.94. The van der Waals surface area contributed by atoms with E-state index in [1.807, 2.05) is 18.2 Å². The molecule has 184 valence electrons. The molecule has 1 spiro atoms. The lowest BCUT2D eigenvalue weighted by Crippen LogP contribution is -2.76. The zero-order valence-electron chi connectivity index (χ0n) is 20.0. The fourth-order valence-corrected chi connectivity index (χ4v) is 7.86. The molecule has 2 aromatic carbocycles. The summed E-state index contributed by atoms with van der Waals surface area (Å²) in [5.74, 6) is 2.06. The monoisotopic (exact) mass is 475 g/mol. The Hall–Kier alpha value is -2.57. The van der Waals surface area contributed by atoms with E-state index in [1.54, 1.807) is 0 Å². The normalized spacial score (nSPS) is 34.1. The van der Waals surface area contributed by atoms with E-state index in [0.717, 1.165) is 55.2 Å². The molecule has 2 heterocycles. The molecular weight excluding hydrogens is 442 g/mol. The number of carboxylic acids is 1. The highest BCUT2D eigenvalue weighted by Crippen LogP contribution is 2.67. The highest BCUT2D eigenvalue weighted by atomic mass is 16.5. The van der Waals surface area contributed by atoms with Crippen LogP contribution in [-0.4, -0.2) is 42.0 Å². The van der Waals surface area contributed by atoms with E-state index in [0.29, 0.717) is 12.5 Å². The van der Waals surface area contributed by atoms with Crippen molar-refractivity contribution in [3.05, 3.63) is 59.2 Å². The van der Waals surface area contributed by atoms with Gasteiger partial charge in [0.05, 0.1) is 11.0 Å². The maximum Gasteiger partial charge on any atom is 0.329 e. The van der Waals surface area contributed by atoms with Gasteiger partial charge < -0.3 is 24.6 Å². The Bertz CT molecular complexity index is 1150. The lowest BCUT2D eigenvalue weighted by atomic mass is 9.47. The second kappa shape index (κ2) is 7.97. The summed E-state index contributed by atoms with van der Waals surface area (Å²) in [5, 5.41) is 13.4. The van der Waals surface area contributed by atoms with Crippen molar-refractivity contribution in [2.24, 2.45) is 11.8 Å². The van der Waals surface area contributed by atoms with Gasteiger partial charge in [0.25, 0.3) is 0 Å². The molecule has 2 unspecified atom stereocenters. The van der Waals surface area contributed by atoms with Crippen LogP contribution in [0.15, 0.2) is 42.5 Å². The molecule has 2 aliphatic heterocycles. The fraction of sp³-hybridized carbons (Fsp3) is 0.552. The number of carbonyl (C=O) groups is 1. The van der Waals surface area contributed by atoms with E-state index in [2.05, 4.69) is 29.6 Å². The number of nitrogens with one attached hydrogen (secondary N) is 1. The third-order valence-electron chi connectivity index (χ3n) is 9.31. The summed E-state index contributed by atoms with van der Waals surface area (Å²) in [4.78, 5) is 11.7. The number of benzene rings is 2. The van der Waals surface area contributed by atoms with Crippen LogP contribution in [0.2, 0.25) is 0 Å². The van der Waals surface area contributed by atoms with Crippen molar-refractivity contribution in [2.75, 3.05) is 13.2 Å². The molecule has 0 aromatic heterocycles. The van der Waals surface area contributed by atoms with Gasteiger partial charge in [0.15, 0.2) is 11.5 Å². The molecular formula is C29H33NO5. The third kappa shape index (κ3) is 3.26. The van der Waals surface area contributed by atoms with Crippen molar-refractivity contribution in [1.29, 1.82) is 0 Å². The average Bonchev–Trinajstić information content (AvgIpc) is 3.60. The molecule has 2 saturated carbocycles. The molecule has 3 fully saturated rings. The Labute approximate surface area is 206 Å². The molecule has 3 aliphatic carbocycles. The maximum absolute atomic E-state index is 11.7. The summed E-state index contributed by atoms with van der Waals surface area (Å²) in [6.45, 7) is 1.12. The van der Waals surface area contributed by atoms with Crippen LogP contribution < -0.4 is 14.8 Å². The van der Waals surface area contributed by atoms with Gasteiger partial charge in [-0.25, -0.2) is 4.79 Å². The van der Waals surface area contributed by atoms with Crippen LogP contribution in [0.1, 0.15) is 55.2 Å². The van der Waals surface area contributed by atoms with E-state index in [9.17, 15) is 9.90 Å². The fourth-order valence-electron chi connectivity index (χ4n) is 7.86. The predicted octanol–water partition coefficient (Wildman–Crippen LogP) is 4.23. The summed E-state index contributed by atoms with van der Waals surface area (Å²) in [7, 11) is 0. The SMILES string of the molecule is O=C(O)COC12CC(CC3CC3)C[C@@H]3Oc4c(OCc5ccccc5)ccc5c4[C@@]31CCN[C@@H]2C5. The molecule has 2 bridgehead atoms. The van der Waals surface area contributed by atoms with Crippen molar-refractivity contribution < 1.29 is 24.1 Å². The van der Waals surface area contributed by atoms with E-state index in [-0.39, 0.29) is 24.2 Å². The standard InChI is InChI=1S/C29H33NO5/c31-25(32)17-34-29-15-20(12-18-6-7-18)13-24-28(29)10-11-30-23(29)14-21-8-9-22(27(35-24)26(21)28)33-16-19-4-2-1-3-5-19/h1-5,8-9,18,20,23-24,30H,6-7,10-17H2,(H,31,32)/t20?,23-,24+,28-,29?/m1/s1. The Balaban J connectivity index is 1.32. The summed E-state index contributed by atoms with van der Waals surface area (Å²) in [6, 6.07) is 14.6. The number of carboxylic acid groups (broad SMARTS) is 1. The second-order valence-electron chi connectivity index (χ2n) is 11.3. The number of hydrogen-bond donors (Lipinski definition) is 2. The molecule has 2 aromatic rings. The number of piperidine rings is 1. The Morgan fingerprint density at radius 2 is 2.00 bits per heavy atom. The van der Waals surface area contributed by atoms with Gasteiger partial charge in [-0.15, -0.1) is 0 Å². The minimum atomic E-state index is -0.903. The topological polar surface area (TPSA) is 77.0 Å². The van der Waals surface area contributed by atoms with Crippen LogP contribution in [0, 0.1) is 11.8 Å². The first kappa shape index (κ1) is 21.7. The number of rotatable bonds is 8. The van der Waals surface area contributed by atoms with Crippen LogP contribution in [0.4, 0.5) is 0 Å². The maximum atomic E-state index is 11.7. The summed E-state index contributed by atoms with van der Waals surface area (Å²) in [5.41, 5.74) is 2.76. The van der Waals surface area contributed by atoms with E-state index < -0.39 is 11.6 Å². The largest absolute Gasteiger partial charge is 0.485 e. The van der Waals surface area contributed by atoms with Crippen LogP contribution in [-0.2, 0) is 28.0 Å². The number of aliphatic carboxylic acids is 1. The van der Waals surface area contributed by atoms with Gasteiger partial charge >= 0.3 is 5.97 Å². The molecule has 6 nitrogen and oxygen atoms in total. The minimum Gasteiger partial charge on any atom is -0.485 e. The van der Waals surface area contributed by atoms with Gasteiger partial charge in [0, 0.05) is 11.6 Å². The average molecular weight is 476 g/mol. The van der Waals surface area contributed by atoms with E-state index in [4.69, 9.17) is 14.2 Å². The van der Waals surface area contributed by atoms with Crippen LogP contribution in [0.25, 0.3) is 0 Å². The van der Waals surface area contributed by atoms with Crippen LogP contribution in [0.5, 0.6) is 11.5 Å². The summed E-state index contributed by atoms with van der Waals surface area (Å²) >= 11 is 0. The van der Waals surface area contributed by atoms with Gasteiger partial charge in [-0.3, -0.25) is 0 Å². The van der Waals surface area contributed by atoms with Gasteiger partial charge in [0.2, 0.25) is 0 Å². The van der Waals surface area contributed by atoms with Crippen molar-refractivity contribution in [3.8, 4) is 11.5 Å². The Morgan fingerprint density at radius 3 is 2.80 bits per heavy atom. The van der Waals surface area contributed by atoms with Gasteiger partial charge in [-0.05, 0) is 67.7 Å². The van der Waals surface area contributed by atoms with Crippen molar-refractivity contribution in [2.45, 2.75) is 74.7 Å². The van der Waals surface area contributed by atoms with Gasteiger partial charge in [-0.1, -0.05) is 49.2 Å². The smallest absolute Gasteiger partial charge is 0.329 e. The minimum absolute atomic E-state index is 0.00563. The molecule has 6 heteroatoms. The van der Waals surface area contributed by atoms with Crippen LogP contribution >= 0.6 is 0 Å². The molecule has 0 radical (unpaired) electrons. The van der Waals surface area contributed by atoms with Gasteiger partial charge in [0.1, 0.15) is 19.3 Å². The zero-order chi connectivity index (χ0) is 23.6. The predicted molar refractivity (Wildman–Crippen MR) is 130 cm³/mol. The molecule has 7 rings (SSSR count). The van der Waals surface area contributed by atoms with Gasteiger partial charge in [-0.2, -0.15) is 0 Å². The molecule has 0 amide bonds. The van der Waals surface area contributed by atoms with Crippen molar-refractivity contribution >= 4 is 5.97 Å². The molecule has 5 atom stereocenters. The highest BCUT2D eigenvalue weighted by molar-refractivity contribution is 5.68. The molecule has 35 heavy (non-hydrogen) atoms. The third-order valence-corrected chi connectivity index (χ3v) is 9.31. The molecule has 1 saturated heterocycles. The van der Waals surface area contributed by atoms with Crippen molar-refractivity contribution in [1.82, 2.24) is 5.32 Å². The first-order chi connectivity index (χ1) is 17.1. The molecule has 2 N–H and O–H groups in total. The summed E-state index contributed by atoms with van der Waals surface area (Å²) in [6.07, 6.45) is 7.46. The Morgan fingerprint density at radius 1 is 1.14 bits per heavy atom. The van der Waals surface area contributed by atoms with Crippen molar-refractivity contribution in [3.63, 3.8) is 0 Å². The number of hydrogen-bond acceptors (Lipinski definition) is 5. The lowest BCUT2D eigenvalue weighted by Gasteiger charge is -2.63. The second-order valence-corrected chi connectivity index (χ2v) is 11.3. The highest BCUT2D eigenvalue weighted by Gasteiger charge is 2.72. The lowest BCUT2D eigenvalue weighted by molar-refractivity contribution is -0.204. The number of ether oxygens (including phenoxy) is 3. The van der Waals surface area contributed by atoms with Crippen LogP contribution in [0.3, 0.4) is 0 Å². The summed E-state index contributed by atoms with van der Waals surface area (Å²) < 4.78 is 19.8. The van der Waals surface area contributed by atoms with E-state index in [1.165, 1.54) is 30.4 Å². The molecule has 5 aliphatic rings. The first-order valence-electron chi connectivity index (χ1n) is 13.2. The zero-order valence-corrected chi connectivity index (χ0v) is 20.0. The van der Waals surface area contributed by atoms with E-state index >= 15 is 0 Å².